The minimum absolute atomic E-state index is 0.0324. The van der Waals surface area contributed by atoms with Gasteiger partial charge in [-0.25, -0.2) is 9.36 Å². The summed E-state index contributed by atoms with van der Waals surface area (Å²) >= 11 is 3.77. The van der Waals surface area contributed by atoms with Crippen LogP contribution in [0.3, 0.4) is 0 Å². The molecule has 2 aliphatic rings. The van der Waals surface area contributed by atoms with Crippen molar-refractivity contribution in [2.75, 3.05) is 24.7 Å². The predicted octanol–water partition coefficient (Wildman–Crippen LogP) is -0.564. The molecule has 200 valence electrons. The van der Waals surface area contributed by atoms with Crippen LogP contribution in [0.1, 0.15) is 18.6 Å². The Morgan fingerprint density at radius 3 is 2.92 bits per heavy atom. The van der Waals surface area contributed by atoms with Gasteiger partial charge in [0.2, 0.25) is 16.4 Å². The first-order chi connectivity index (χ1) is 18.3. The van der Waals surface area contributed by atoms with Crippen LogP contribution in [0.2, 0.25) is 0 Å². The first kappa shape index (κ1) is 26.1. The molecular formula is C21H23N8O6S3+. The van der Waals surface area contributed by atoms with Gasteiger partial charge in [0.05, 0.1) is 13.0 Å². The van der Waals surface area contributed by atoms with Gasteiger partial charge in [0.15, 0.2) is 5.13 Å². The maximum Gasteiger partial charge on any atom is 0.352 e. The number of rotatable bonds is 10. The summed E-state index contributed by atoms with van der Waals surface area (Å²) in [6.45, 7) is 2.06. The van der Waals surface area contributed by atoms with Gasteiger partial charge in [-0.1, -0.05) is 16.5 Å². The summed E-state index contributed by atoms with van der Waals surface area (Å²) in [7, 11) is 0. The molecule has 0 aromatic carbocycles. The molecule has 0 radical (unpaired) electrons. The Bertz CT molecular complexity index is 1480. The molecule has 0 saturated carbocycles. The Balaban J connectivity index is 1.37. The second-order valence-electron chi connectivity index (χ2n) is 8.19. The maximum atomic E-state index is 13.1. The monoisotopic (exact) mass is 579 g/mol. The van der Waals surface area contributed by atoms with Crippen LogP contribution in [0.4, 0.5) is 5.13 Å². The SMILES string of the molecule is CCO/N=C(\C(=O)N[C@@H]1C(=O)N2C(C(=O)O)=C(C[n+]3cc4sccn4c3CCO)CS[C@H]12)c1nsc(N)n1. The van der Waals surface area contributed by atoms with E-state index in [9.17, 15) is 24.6 Å². The van der Waals surface area contributed by atoms with Crippen molar-refractivity contribution in [3.8, 4) is 0 Å². The number of aliphatic hydroxyl groups excluding tert-OH is 1. The molecule has 2 aliphatic heterocycles. The third-order valence-corrected chi connectivity index (χ3v) is 8.58. The zero-order chi connectivity index (χ0) is 27.0. The van der Waals surface area contributed by atoms with Gasteiger partial charge in [-0.05, 0) is 6.92 Å². The lowest BCUT2D eigenvalue weighted by atomic mass is 10.0. The zero-order valence-corrected chi connectivity index (χ0v) is 22.4. The van der Waals surface area contributed by atoms with Gasteiger partial charge in [-0.15, -0.1) is 11.8 Å². The number of nitrogens with zero attached hydrogens (tertiary/aromatic N) is 6. The van der Waals surface area contributed by atoms with E-state index in [1.165, 1.54) is 28.0 Å². The normalized spacial score (nSPS) is 19.5. The zero-order valence-electron chi connectivity index (χ0n) is 19.9. The molecule has 3 aromatic heterocycles. The third kappa shape index (κ3) is 4.61. The van der Waals surface area contributed by atoms with E-state index in [0.717, 1.165) is 22.2 Å². The number of anilines is 1. The van der Waals surface area contributed by atoms with Crippen molar-refractivity contribution in [2.24, 2.45) is 5.16 Å². The van der Waals surface area contributed by atoms with Crippen molar-refractivity contribution in [1.29, 1.82) is 0 Å². The Morgan fingerprint density at radius 1 is 1.42 bits per heavy atom. The molecule has 1 saturated heterocycles. The van der Waals surface area contributed by atoms with E-state index in [0.29, 0.717) is 17.7 Å². The Hall–Kier alpha value is -3.54. The number of aliphatic hydroxyl groups is 1. The first-order valence-electron chi connectivity index (χ1n) is 11.4. The highest BCUT2D eigenvalue weighted by Crippen LogP contribution is 2.40. The van der Waals surface area contributed by atoms with Crippen molar-refractivity contribution in [2.45, 2.75) is 31.3 Å². The number of hydrogen-bond donors (Lipinski definition) is 4. The Kier molecular flexibility index (Phi) is 7.33. The number of nitrogens with one attached hydrogen (secondary N) is 1. The number of nitrogens with two attached hydrogens (primary N) is 1. The van der Waals surface area contributed by atoms with Crippen LogP contribution in [0, 0.1) is 0 Å². The van der Waals surface area contributed by atoms with Crippen LogP contribution in [0.15, 0.2) is 34.2 Å². The minimum atomic E-state index is -1.23. The average Bonchev–Trinajstić information content (AvgIpc) is 3.60. The number of thiazole rings is 1. The summed E-state index contributed by atoms with van der Waals surface area (Å²) in [5.41, 5.74) is 5.85. The van der Waals surface area contributed by atoms with Crippen LogP contribution < -0.4 is 15.6 Å². The molecule has 1 fully saturated rings. The van der Waals surface area contributed by atoms with Gasteiger partial charge < -0.3 is 26.1 Å². The number of carboxylic acids is 1. The lowest BCUT2D eigenvalue weighted by Gasteiger charge is -2.49. The number of β-lactam (4-membered cyclic amide) rings is 1. The molecule has 3 aromatic rings. The average molecular weight is 580 g/mol. The molecule has 0 bridgehead atoms. The third-order valence-electron chi connectivity index (χ3n) is 5.90. The summed E-state index contributed by atoms with van der Waals surface area (Å²) < 4.78 is 7.84. The summed E-state index contributed by atoms with van der Waals surface area (Å²) in [5.74, 6) is -1.39. The van der Waals surface area contributed by atoms with Crippen LogP contribution >= 0.6 is 34.6 Å². The second kappa shape index (κ2) is 10.7. The van der Waals surface area contributed by atoms with Gasteiger partial charge >= 0.3 is 5.97 Å². The number of amides is 2. The number of aliphatic carboxylic acids is 1. The van der Waals surface area contributed by atoms with Crippen molar-refractivity contribution < 1.29 is 34.0 Å². The molecular weight excluding hydrogens is 556 g/mol. The highest BCUT2D eigenvalue weighted by Gasteiger charge is 2.54. The summed E-state index contributed by atoms with van der Waals surface area (Å²) in [5, 5.41) is 27.4. The number of carbonyl (C=O) groups excluding carboxylic acids is 2. The van der Waals surface area contributed by atoms with Gasteiger partial charge in [-0.3, -0.25) is 14.5 Å². The largest absolute Gasteiger partial charge is 0.477 e. The lowest BCUT2D eigenvalue weighted by molar-refractivity contribution is -0.695. The number of nitrogen functional groups attached to an aromatic ring is 1. The van der Waals surface area contributed by atoms with E-state index in [-0.39, 0.29) is 42.1 Å². The van der Waals surface area contributed by atoms with E-state index in [4.69, 9.17) is 10.6 Å². The van der Waals surface area contributed by atoms with Gasteiger partial charge in [0, 0.05) is 28.2 Å². The molecule has 2 amide bonds. The van der Waals surface area contributed by atoms with E-state index in [2.05, 4.69) is 19.8 Å². The van der Waals surface area contributed by atoms with E-state index < -0.39 is 29.2 Å². The van der Waals surface area contributed by atoms with Crippen LogP contribution in [0.25, 0.3) is 4.83 Å². The van der Waals surface area contributed by atoms with E-state index in [1.807, 2.05) is 26.7 Å². The molecule has 0 spiro atoms. The van der Waals surface area contributed by atoms with E-state index in [1.54, 1.807) is 6.92 Å². The highest BCUT2D eigenvalue weighted by molar-refractivity contribution is 8.00. The number of aromatic nitrogens is 4. The number of oxime groups is 1. The van der Waals surface area contributed by atoms with Crippen LogP contribution in [-0.2, 0) is 32.2 Å². The fraction of sp³-hybridized carbons (Fsp3) is 0.381. The topological polar surface area (TPSA) is 189 Å². The van der Waals surface area contributed by atoms with Gasteiger partial charge in [-0.2, -0.15) is 13.8 Å². The number of fused-ring (bicyclic) bond motifs is 2. The number of carbonyl (C=O) groups is 3. The van der Waals surface area contributed by atoms with Crippen molar-refractivity contribution in [3.63, 3.8) is 0 Å². The van der Waals surface area contributed by atoms with Crippen molar-refractivity contribution in [1.82, 2.24) is 24.0 Å². The molecule has 0 aliphatic carbocycles. The number of imidazole rings is 1. The second-order valence-corrected chi connectivity index (χ2v) is 11.0. The molecule has 5 heterocycles. The molecule has 2 atom stereocenters. The predicted molar refractivity (Wildman–Crippen MR) is 138 cm³/mol. The number of thioether (sulfide) groups is 1. The highest BCUT2D eigenvalue weighted by atomic mass is 32.2. The van der Waals surface area contributed by atoms with Crippen LogP contribution in [0.5, 0.6) is 0 Å². The van der Waals surface area contributed by atoms with Crippen molar-refractivity contribution >= 4 is 68.1 Å². The molecule has 5 N–H and O–H groups in total. The minimum Gasteiger partial charge on any atom is -0.477 e. The molecule has 14 nitrogen and oxygen atoms in total. The summed E-state index contributed by atoms with van der Waals surface area (Å²) in [4.78, 5) is 49.6. The molecule has 5 rings (SSSR count). The molecule has 38 heavy (non-hydrogen) atoms. The fourth-order valence-corrected chi connectivity index (χ4v) is 6.87. The molecule has 0 unspecified atom stereocenters. The van der Waals surface area contributed by atoms with E-state index >= 15 is 0 Å². The van der Waals surface area contributed by atoms with Gasteiger partial charge in [0.25, 0.3) is 17.6 Å². The fourth-order valence-electron chi connectivity index (χ4n) is 4.31. The first-order valence-corrected chi connectivity index (χ1v) is 14.1. The number of carboxylic acid groups (broad SMARTS) is 1. The summed E-state index contributed by atoms with van der Waals surface area (Å²) in [6, 6.07) is -0.969. The quantitative estimate of drug-likeness (QED) is 0.105. The smallest absolute Gasteiger partial charge is 0.352 e. The Labute approximate surface area is 227 Å². The number of hydrogen-bond acceptors (Lipinski definition) is 12. The van der Waals surface area contributed by atoms with Gasteiger partial charge in [0.1, 0.15) is 42.7 Å². The van der Waals surface area contributed by atoms with Crippen LogP contribution in [-0.4, -0.2) is 82.7 Å². The Morgan fingerprint density at radius 2 is 2.24 bits per heavy atom. The lowest BCUT2D eigenvalue weighted by Crippen LogP contribution is -2.71. The molecule has 17 heteroatoms. The summed E-state index contributed by atoms with van der Waals surface area (Å²) in [6.07, 6.45) is 4.18. The van der Waals surface area contributed by atoms with Crippen molar-refractivity contribution in [3.05, 3.63) is 40.7 Å². The maximum absolute atomic E-state index is 13.1. The standard InChI is InChI=1S/C21H22N8O6S3/c1-2-35-25-13(16-24-21(22)38-26-16)17(31)23-14-18(32)29-15(20(33)34)10(9-37-19(14)29)7-27-8-12-28(4-6-36-12)11(27)3-5-30/h4,6,8,14,19,30H,2-3,5,7,9H2,1H3,(H3-,22,23,24,26,31,33,34)/p+1/b25-13-/t14-,19-/m1/s1.